The molecule has 1 amide bonds. The van der Waals surface area contributed by atoms with Gasteiger partial charge in [-0.2, -0.15) is 0 Å². The molecule has 0 aromatic carbocycles. The molecule has 10 heteroatoms. The second-order valence-corrected chi connectivity index (χ2v) is 12.0. The summed E-state index contributed by atoms with van der Waals surface area (Å²) in [6, 6.07) is -0.0476. The van der Waals surface area contributed by atoms with E-state index in [0.29, 0.717) is 25.7 Å². The van der Waals surface area contributed by atoms with Crippen molar-refractivity contribution in [3.8, 4) is 0 Å². The number of hydrogen-bond acceptors (Lipinski definition) is 6. The van der Waals surface area contributed by atoms with Crippen molar-refractivity contribution < 1.29 is 30.0 Å². The van der Waals surface area contributed by atoms with Crippen LogP contribution in [0.1, 0.15) is 85.1 Å². The minimum absolute atomic E-state index is 0.00682. The second kappa shape index (κ2) is 13.3. The van der Waals surface area contributed by atoms with Crippen LogP contribution >= 0.6 is 0 Å². The summed E-state index contributed by atoms with van der Waals surface area (Å²) in [4.78, 5) is 31.1. The number of nitrogens with one attached hydrogen (secondary N) is 4. The third-order valence-corrected chi connectivity index (χ3v) is 9.43. The SMILES string of the molecule is C=CC1=C(O)N[C@H](Cc2[nH]c(Cc3[nH]c(/C=C4\NC(=O)[C@H](C)[C@H]4CC)c(C)c3CCC(O)O)c(CCC(=O)O)c2C)C1C. The van der Waals surface area contributed by atoms with E-state index in [9.17, 15) is 30.0 Å². The average Bonchev–Trinajstić information content (AvgIpc) is 3.59. The van der Waals surface area contributed by atoms with Crippen LogP contribution in [0.3, 0.4) is 0 Å². The number of carboxylic acids is 1. The van der Waals surface area contributed by atoms with E-state index in [0.717, 1.165) is 62.7 Å². The largest absolute Gasteiger partial charge is 0.495 e. The third-order valence-electron chi connectivity index (χ3n) is 9.43. The van der Waals surface area contributed by atoms with Crippen LogP contribution in [0.25, 0.3) is 6.08 Å². The maximum Gasteiger partial charge on any atom is 0.303 e. The first-order valence-electron chi connectivity index (χ1n) is 15.2. The molecule has 1 unspecified atom stereocenters. The van der Waals surface area contributed by atoms with E-state index < -0.39 is 12.3 Å². The van der Waals surface area contributed by atoms with Crippen LogP contribution in [0, 0.1) is 31.6 Å². The number of carbonyl (C=O) groups excluding carboxylic acids is 1. The molecule has 8 N–H and O–H groups in total. The maximum absolute atomic E-state index is 12.4. The molecule has 234 valence electrons. The fourth-order valence-corrected chi connectivity index (χ4v) is 6.71. The molecule has 4 rings (SSSR count). The number of hydrogen-bond donors (Lipinski definition) is 8. The number of aliphatic hydroxyl groups excluding tert-OH is 2. The van der Waals surface area contributed by atoms with Crippen LogP contribution in [0.15, 0.2) is 29.8 Å². The fraction of sp³-hybridized carbons (Fsp3) is 0.515. The molecule has 4 atom stereocenters. The molecule has 43 heavy (non-hydrogen) atoms. The van der Waals surface area contributed by atoms with Crippen molar-refractivity contribution in [3.63, 3.8) is 0 Å². The van der Waals surface area contributed by atoms with E-state index in [1.165, 1.54) is 0 Å². The molecule has 0 bridgehead atoms. The van der Waals surface area contributed by atoms with Gasteiger partial charge in [-0.25, -0.2) is 0 Å². The highest BCUT2D eigenvalue weighted by molar-refractivity contribution is 5.85. The van der Waals surface area contributed by atoms with Gasteiger partial charge in [0.25, 0.3) is 0 Å². The lowest BCUT2D eigenvalue weighted by atomic mass is 9.92. The quantitative estimate of drug-likeness (QED) is 0.162. The summed E-state index contributed by atoms with van der Waals surface area (Å²) >= 11 is 0. The van der Waals surface area contributed by atoms with Crippen molar-refractivity contribution in [2.24, 2.45) is 17.8 Å². The van der Waals surface area contributed by atoms with Crippen molar-refractivity contribution in [2.75, 3.05) is 0 Å². The normalized spacial score (nSPS) is 23.0. The molecular weight excluding hydrogens is 548 g/mol. The smallest absolute Gasteiger partial charge is 0.303 e. The average molecular weight is 595 g/mol. The number of H-pyrrole nitrogens is 2. The number of rotatable bonds is 13. The zero-order valence-electron chi connectivity index (χ0n) is 25.8. The monoisotopic (exact) mass is 594 g/mol. The van der Waals surface area contributed by atoms with Crippen molar-refractivity contribution in [3.05, 3.63) is 74.8 Å². The first kappa shape index (κ1) is 32.2. The second-order valence-electron chi connectivity index (χ2n) is 12.0. The molecule has 2 aliphatic rings. The maximum atomic E-state index is 12.4. The Morgan fingerprint density at radius 1 is 1.02 bits per heavy atom. The minimum atomic E-state index is -1.44. The van der Waals surface area contributed by atoms with Gasteiger partial charge in [-0.15, -0.1) is 0 Å². The summed E-state index contributed by atoms with van der Waals surface area (Å²) < 4.78 is 0. The molecule has 2 aromatic rings. The van der Waals surface area contributed by atoms with Crippen molar-refractivity contribution >= 4 is 18.0 Å². The van der Waals surface area contributed by atoms with E-state index >= 15 is 0 Å². The fourth-order valence-electron chi connectivity index (χ4n) is 6.71. The third kappa shape index (κ3) is 6.75. The highest BCUT2D eigenvalue weighted by Crippen LogP contribution is 2.34. The van der Waals surface area contributed by atoms with E-state index in [1.54, 1.807) is 6.08 Å². The number of carboxylic acid groups (broad SMARTS) is 1. The lowest BCUT2D eigenvalue weighted by Crippen LogP contribution is -2.30. The van der Waals surface area contributed by atoms with Gasteiger partial charge in [-0.05, 0) is 61.4 Å². The van der Waals surface area contributed by atoms with Crippen molar-refractivity contribution in [1.29, 1.82) is 0 Å². The van der Waals surface area contributed by atoms with Gasteiger partial charge in [0.15, 0.2) is 12.2 Å². The van der Waals surface area contributed by atoms with E-state index in [-0.39, 0.29) is 48.4 Å². The zero-order valence-corrected chi connectivity index (χ0v) is 25.8. The van der Waals surface area contributed by atoms with Crippen LogP contribution in [-0.4, -0.2) is 54.6 Å². The van der Waals surface area contributed by atoms with Crippen LogP contribution in [0.2, 0.25) is 0 Å². The van der Waals surface area contributed by atoms with Gasteiger partial charge in [0.2, 0.25) is 5.91 Å². The molecule has 4 heterocycles. The molecule has 0 aliphatic carbocycles. The zero-order chi connectivity index (χ0) is 31.6. The van der Waals surface area contributed by atoms with Crippen LogP contribution in [-0.2, 0) is 35.3 Å². The molecule has 1 fully saturated rings. The summed E-state index contributed by atoms with van der Waals surface area (Å²) in [7, 11) is 0. The lowest BCUT2D eigenvalue weighted by Gasteiger charge is -2.17. The van der Waals surface area contributed by atoms with Gasteiger partial charge in [0.05, 0.1) is 0 Å². The van der Waals surface area contributed by atoms with Gasteiger partial charge in [-0.1, -0.05) is 33.4 Å². The highest BCUT2D eigenvalue weighted by atomic mass is 16.5. The van der Waals surface area contributed by atoms with Gasteiger partial charge < -0.3 is 41.0 Å². The van der Waals surface area contributed by atoms with Gasteiger partial charge in [0.1, 0.15) is 0 Å². The predicted molar refractivity (Wildman–Crippen MR) is 165 cm³/mol. The Balaban J connectivity index is 1.72. The van der Waals surface area contributed by atoms with E-state index in [1.807, 2.05) is 33.8 Å². The summed E-state index contributed by atoms with van der Waals surface area (Å²) in [6.45, 7) is 13.9. The number of aromatic nitrogens is 2. The Bertz CT molecular complexity index is 1450. The Morgan fingerprint density at radius 2 is 1.70 bits per heavy atom. The Kier molecular flexibility index (Phi) is 9.92. The first-order valence-corrected chi connectivity index (χ1v) is 15.2. The molecule has 0 spiro atoms. The summed E-state index contributed by atoms with van der Waals surface area (Å²) in [5, 5.41) is 45.3. The number of carbonyl (C=O) groups is 2. The number of aromatic amines is 2. The molecule has 10 nitrogen and oxygen atoms in total. The molecule has 2 aromatic heterocycles. The Morgan fingerprint density at radius 3 is 2.30 bits per heavy atom. The molecule has 2 aliphatic heterocycles. The van der Waals surface area contributed by atoms with Gasteiger partial charge in [-0.3, -0.25) is 9.59 Å². The summed E-state index contributed by atoms with van der Waals surface area (Å²) in [6.07, 6.45) is 5.09. The number of aliphatic hydroxyl groups is 3. The van der Waals surface area contributed by atoms with Crippen LogP contribution in [0.5, 0.6) is 0 Å². The topological polar surface area (TPSA) is 171 Å². The van der Waals surface area contributed by atoms with Crippen LogP contribution in [0.4, 0.5) is 0 Å². The van der Waals surface area contributed by atoms with Crippen molar-refractivity contribution in [2.45, 2.75) is 91.9 Å². The number of amides is 1. The van der Waals surface area contributed by atoms with Crippen molar-refractivity contribution in [1.82, 2.24) is 20.6 Å². The van der Waals surface area contributed by atoms with E-state index in [2.05, 4.69) is 34.1 Å². The Labute approximate surface area is 253 Å². The number of allylic oxidation sites excluding steroid dienone is 2. The van der Waals surface area contributed by atoms with E-state index in [4.69, 9.17) is 0 Å². The lowest BCUT2D eigenvalue weighted by molar-refractivity contribution is -0.137. The standard InChI is InChI=1S/C33H46N4O6/c1-7-20-19(6)32(42)37-27(20)14-25-18(5)23(10-12-31(40)41)29(35-25)15-28-22(9-11-30(38)39)17(4)24(34-28)13-26-16(3)21(8-2)33(43)36-26/h8,14,16,19-20,26,31,34-36,40-41,43H,2,7,9-13,15H2,1,3-6H3,(H,37,42)(H,38,39)/b27-14-/t16?,19-,20-,26-/m1/s1. The summed E-state index contributed by atoms with van der Waals surface area (Å²) in [5.41, 5.74) is 9.19. The van der Waals surface area contributed by atoms with Gasteiger partial charge in [0, 0.05) is 83.5 Å². The highest BCUT2D eigenvalue weighted by Gasteiger charge is 2.34. The molecule has 0 saturated carbocycles. The molecule has 1 saturated heterocycles. The summed E-state index contributed by atoms with van der Waals surface area (Å²) in [5.74, 6) is -0.679. The predicted octanol–water partition coefficient (Wildman–Crippen LogP) is 4.05. The molecule has 0 radical (unpaired) electrons. The Hall–Kier alpha value is -3.76. The van der Waals surface area contributed by atoms with Crippen LogP contribution < -0.4 is 10.6 Å². The number of aliphatic carboxylic acids is 1. The van der Waals surface area contributed by atoms with Gasteiger partial charge >= 0.3 is 5.97 Å². The first-order chi connectivity index (χ1) is 20.4. The minimum Gasteiger partial charge on any atom is -0.495 e. The molecular formula is C33H46N4O6.